The Kier molecular flexibility index (Phi) is 3.22. The molecule has 7 nitrogen and oxygen atoms in total. The minimum atomic E-state index is -0.520. The normalized spacial score (nSPS) is 10.7. The standard InChI is InChI=1S/C13H8BrN3O4/c14-9-5-4-8(21-9)12(19)15-7-3-1-2-6-10(7)13(20)17-16-11(6)18/h1-5H,(H,15,19)(H,16,18)(H,17,20). The fourth-order valence-electron chi connectivity index (χ4n) is 1.95. The van der Waals surface area contributed by atoms with Gasteiger partial charge in [-0.1, -0.05) is 6.07 Å². The maximum atomic E-state index is 12.0. The Bertz CT molecular complexity index is 954. The van der Waals surface area contributed by atoms with E-state index in [1.54, 1.807) is 12.1 Å². The van der Waals surface area contributed by atoms with Gasteiger partial charge in [0.2, 0.25) is 0 Å². The van der Waals surface area contributed by atoms with Crippen LogP contribution in [-0.2, 0) is 0 Å². The topological polar surface area (TPSA) is 108 Å². The molecule has 3 N–H and O–H groups in total. The molecule has 3 rings (SSSR count). The minimum absolute atomic E-state index is 0.0835. The predicted octanol–water partition coefficient (Wildman–Crippen LogP) is 1.82. The molecular weight excluding hydrogens is 342 g/mol. The van der Waals surface area contributed by atoms with Gasteiger partial charge < -0.3 is 9.73 Å². The molecule has 21 heavy (non-hydrogen) atoms. The minimum Gasteiger partial charge on any atom is -0.444 e. The highest BCUT2D eigenvalue weighted by Crippen LogP contribution is 2.19. The van der Waals surface area contributed by atoms with Gasteiger partial charge in [-0.05, 0) is 40.2 Å². The lowest BCUT2D eigenvalue weighted by molar-refractivity contribution is 0.0995. The van der Waals surface area contributed by atoms with Gasteiger partial charge in [0.05, 0.1) is 16.5 Å². The van der Waals surface area contributed by atoms with Gasteiger partial charge in [0.15, 0.2) is 10.4 Å². The summed E-state index contributed by atoms with van der Waals surface area (Å²) in [6.45, 7) is 0. The van der Waals surface area contributed by atoms with E-state index < -0.39 is 17.0 Å². The van der Waals surface area contributed by atoms with Crippen LogP contribution in [0.15, 0.2) is 49.0 Å². The van der Waals surface area contributed by atoms with Crippen LogP contribution in [0.2, 0.25) is 0 Å². The molecule has 1 aromatic carbocycles. The molecule has 0 aliphatic rings. The molecule has 0 radical (unpaired) electrons. The van der Waals surface area contributed by atoms with E-state index in [0.29, 0.717) is 4.67 Å². The second-order valence-corrected chi connectivity index (χ2v) is 4.98. The van der Waals surface area contributed by atoms with Crippen molar-refractivity contribution in [3.05, 3.63) is 61.5 Å². The number of carbonyl (C=O) groups excluding carboxylic acids is 1. The number of furan rings is 1. The first-order valence-electron chi connectivity index (χ1n) is 5.86. The summed E-state index contributed by atoms with van der Waals surface area (Å²) in [5.41, 5.74) is -0.708. The summed E-state index contributed by atoms with van der Waals surface area (Å²) in [5.74, 6) is -0.437. The van der Waals surface area contributed by atoms with Crippen molar-refractivity contribution in [1.82, 2.24) is 10.2 Å². The number of aromatic amines is 2. The molecule has 1 amide bonds. The summed E-state index contributed by atoms with van der Waals surface area (Å²) in [7, 11) is 0. The molecule has 8 heteroatoms. The first-order chi connectivity index (χ1) is 10.1. The average Bonchev–Trinajstić information content (AvgIpc) is 2.90. The van der Waals surface area contributed by atoms with Crippen LogP contribution in [0.25, 0.3) is 10.8 Å². The van der Waals surface area contributed by atoms with E-state index in [2.05, 4.69) is 31.4 Å². The second kappa shape index (κ2) is 5.06. The van der Waals surface area contributed by atoms with Crippen LogP contribution in [0.5, 0.6) is 0 Å². The zero-order valence-corrected chi connectivity index (χ0v) is 12.0. The predicted molar refractivity (Wildman–Crippen MR) is 79.6 cm³/mol. The van der Waals surface area contributed by atoms with Gasteiger partial charge in [-0.15, -0.1) is 0 Å². The highest BCUT2D eigenvalue weighted by Gasteiger charge is 2.14. The van der Waals surface area contributed by atoms with Crippen LogP contribution >= 0.6 is 15.9 Å². The molecule has 0 unspecified atom stereocenters. The lowest BCUT2D eigenvalue weighted by atomic mass is 10.1. The van der Waals surface area contributed by atoms with Gasteiger partial charge in [0.1, 0.15) is 0 Å². The molecule has 0 aliphatic heterocycles. The molecule has 0 aliphatic carbocycles. The van der Waals surface area contributed by atoms with Crippen LogP contribution in [0, 0.1) is 0 Å². The number of amides is 1. The molecule has 3 aromatic rings. The summed E-state index contributed by atoms with van der Waals surface area (Å²) in [5, 5.41) is 7.31. The number of H-pyrrole nitrogens is 2. The smallest absolute Gasteiger partial charge is 0.291 e. The Morgan fingerprint density at radius 2 is 1.86 bits per heavy atom. The Morgan fingerprint density at radius 1 is 1.10 bits per heavy atom. The van der Waals surface area contributed by atoms with E-state index in [1.807, 2.05) is 0 Å². The van der Waals surface area contributed by atoms with Crippen molar-refractivity contribution in [2.45, 2.75) is 0 Å². The van der Waals surface area contributed by atoms with Gasteiger partial charge in [-0.25, -0.2) is 0 Å². The molecule has 106 valence electrons. The fraction of sp³-hybridized carbons (Fsp3) is 0. The van der Waals surface area contributed by atoms with Crippen molar-refractivity contribution in [2.24, 2.45) is 0 Å². The van der Waals surface area contributed by atoms with E-state index in [-0.39, 0.29) is 22.2 Å². The highest BCUT2D eigenvalue weighted by molar-refractivity contribution is 9.10. The number of halogens is 1. The summed E-state index contributed by atoms with van der Waals surface area (Å²) in [6.07, 6.45) is 0. The number of hydrogen-bond acceptors (Lipinski definition) is 4. The third-order valence-corrected chi connectivity index (χ3v) is 3.30. The van der Waals surface area contributed by atoms with Crippen molar-refractivity contribution in [3.8, 4) is 0 Å². The van der Waals surface area contributed by atoms with E-state index in [4.69, 9.17) is 4.42 Å². The van der Waals surface area contributed by atoms with E-state index in [0.717, 1.165) is 0 Å². The largest absolute Gasteiger partial charge is 0.444 e. The number of rotatable bonds is 2. The fourth-order valence-corrected chi connectivity index (χ4v) is 2.26. The second-order valence-electron chi connectivity index (χ2n) is 4.19. The summed E-state index contributed by atoms with van der Waals surface area (Å²) in [6, 6.07) is 7.68. The van der Waals surface area contributed by atoms with Crippen LogP contribution in [0.4, 0.5) is 5.69 Å². The molecule has 0 spiro atoms. The first-order valence-corrected chi connectivity index (χ1v) is 6.66. The molecule has 0 fully saturated rings. The summed E-state index contributed by atoms with van der Waals surface area (Å²) < 4.78 is 5.55. The number of benzene rings is 1. The molecule has 2 heterocycles. The van der Waals surface area contributed by atoms with E-state index in [9.17, 15) is 14.4 Å². The summed E-state index contributed by atoms with van der Waals surface area (Å²) in [4.78, 5) is 35.6. The molecule has 2 aromatic heterocycles. The molecule has 0 bridgehead atoms. The van der Waals surface area contributed by atoms with Gasteiger partial charge >= 0.3 is 0 Å². The van der Waals surface area contributed by atoms with Crippen LogP contribution in [0.1, 0.15) is 10.6 Å². The zero-order valence-electron chi connectivity index (χ0n) is 10.4. The third-order valence-electron chi connectivity index (χ3n) is 2.87. The van der Waals surface area contributed by atoms with Gasteiger partial charge in [-0.3, -0.25) is 24.6 Å². The molecule has 0 saturated carbocycles. The first kappa shape index (κ1) is 13.4. The van der Waals surface area contributed by atoms with Gasteiger partial charge in [0.25, 0.3) is 17.0 Å². The molecular formula is C13H8BrN3O4. The zero-order chi connectivity index (χ0) is 15.0. The van der Waals surface area contributed by atoms with Crippen LogP contribution in [-0.4, -0.2) is 16.1 Å². The Balaban J connectivity index is 2.09. The van der Waals surface area contributed by atoms with Crippen molar-refractivity contribution in [3.63, 3.8) is 0 Å². The van der Waals surface area contributed by atoms with E-state index >= 15 is 0 Å². The third kappa shape index (κ3) is 2.40. The number of hydrogen-bond donors (Lipinski definition) is 3. The number of carbonyl (C=O) groups is 1. The highest BCUT2D eigenvalue weighted by atomic mass is 79.9. The van der Waals surface area contributed by atoms with Crippen LogP contribution < -0.4 is 16.4 Å². The number of fused-ring (bicyclic) bond motifs is 1. The summed E-state index contributed by atoms with van der Waals surface area (Å²) >= 11 is 3.10. The van der Waals surface area contributed by atoms with Crippen LogP contribution in [0.3, 0.4) is 0 Å². The van der Waals surface area contributed by atoms with Crippen molar-refractivity contribution < 1.29 is 9.21 Å². The van der Waals surface area contributed by atoms with Crippen molar-refractivity contribution >= 4 is 38.3 Å². The number of anilines is 1. The Labute approximate surface area is 125 Å². The number of nitrogens with one attached hydrogen (secondary N) is 3. The van der Waals surface area contributed by atoms with Gasteiger partial charge in [0, 0.05) is 0 Å². The Morgan fingerprint density at radius 3 is 2.57 bits per heavy atom. The van der Waals surface area contributed by atoms with E-state index in [1.165, 1.54) is 18.2 Å². The maximum absolute atomic E-state index is 12.0. The van der Waals surface area contributed by atoms with Gasteiger partial charge in [-0.2, -0.15) is 0 Å². The monoisotopic (exact) mass is 349 g/mol. The maximum Gasteiger partial charge on any atom is 0.291 e. The SMILES string of the molecule is O=C(Nc1cccc2c(=O)[nH][nH]c(=O)c12)c1ccc(Br)o1. The average molecular weight is 350 g/mol. The number of aromatic nitrogens is 2. The van der Waals surface area contributed by atoms with Crippen molar-refractivity contribution in [2.75, 3.05) is 5.32 Å². The quantitative estimate of drug-likeness (QED) is 0.655. The lowest BCUT2D eigenvalue weighted by Gasteiger charge is -2.06. The molecule has 0 atom stereocenters. The lowest BCUT2D eigenvalue weighted by Crippen LogP contribution is -2.21. The van der Waals surface area contributed by atoms with Crippen molar-refractivity contribution in [1.29, 1.82) is 0 Å². The molecule has 0 saturated heterocycles. The Hall–Kier alpha value is -2.61.